The van der Waals surface area contributed by atoms with Gasteiger partial charge < -0.3 is 10.2 Å². The molecule has 2 N–H and O–H groups in total. The fraction of sp³-hybridized carbons (Fsp3) is 0.179. The average molecular weight is 2020 g/mol. The first-order valence-corrected chi connectivity index (χ1v) is 43.2. The molecule has 0 radical (unpaired) electrons. The summed E-state index contributed by atoms with van der Waals surface area (Å²) >= 11 is 0. The molecule has 18 rings (SSSR count). The molecular formula is C117H106N6O2Pt2-2. The first kappa shape index (κ1) is 86.4. The van der Waals surface area contributed by atoms with Crippen molar-refractivity contribution >= 4 is 22.1 Å². The van der Waals surface area contributed by atoms with E-state index < -0.39 is 11.8 Å². The largest absolute Gasteiger partial charge is 0.507 e. The van der Waals surface area contributed by atoms with Crippen molar-refractivity contribution in [2.24, 2.45) is 0 Å². The third-order valence-corrected chi connectivity index (χ3v) is 23.8. The number of aromatic hydroxyl groups is 2. The number of phenols is 2. The summed E-state index contributed by atoms with van der Waals surface area (Å²) in [6.07, 6.45) is 3.72. The van der Waals surface area contributed by atoms with Gasteiger partial charge in [0, 0.05) is 90.9 Å². The molecule has 10 heteroatoms. The summed E-state index contributed by atoms with van der Waals surface area (Å²) in [4.78, 5) is 21.0. The van der Waals surface area contributed by atoms with Crippen LogP contribution in [-0.4, -0.2) is 39.3 Å². The van der Waals surface area contributed by atoms with E-state index in [2.05, 4.69) is 365 Å². The molecule has 4 aromatic heterocycles. The van der Waals surface area contributed by atoms with Gasteiger partial charge in [0.1, 0.15) is 23.1 Å². The predicted molar refractivity (Wildman–Crippen MR) is 522 cm³/mol. The minimum absolute atomic E-state index is 0. The van der Waals surface area contributed by atoms with Crippen molar-refractivity contribution in [1.29, 1.82) is 0 Å². The van der Waals surface area contributed by atoms with Crippen LogP contribution in [0.25, 0.3) is 168 Å². The molecule has 4 heterocycles. The Bertz CT molecular complexity index is 7170. The van der Waals surface area contributed by atoms with Crippen LogP contribution >= 0.6 is 0 Å². The molecule has 0 unspecified atom stereocenters. The quantitative estimate of drug-likeness (QED) is 0.0935. The number of pyridine rings is 2. The van der Waals surface area contributed by atoms with Gasteiger partial charge in [0.2, 0.25) is 0 Å². The number of nitrogens with zero attached hydrogens (tertiary/aromatic N) is 6. The van der Waals surface area contributed by atoms with Crippen molar-refractivity contribution in [2.45, 2.75) is 139 Å². The third kappa shape index (κ3) is 18.5. The van der Waals surface area contributed by atoms with Gasteiger partial charge >= 0.3 is 0 Å². The maximum absolute atomic E-state index is 12.3. The summed E-state index contributed by atoms with van der Waals surface area (Å²) in [5.41, 5.74) is 33.9. The molecule has 0 aliphatic heterocycles. The summed E-state index contributed by atoms with van der Waals surface area (Å²) in [5, 5.41) is 24.5. The molecule has 0 aliphatic rings. The molecule has 0 atom stereocenters. The molecule has 0 bridgehead atoms. The number of rotatable bonds is 16. The van der Waals surface area contributed by atoms with E-state index in [0.29, 0.717) is 22.8 Å². The van der Waals surface area contributed by atoms with E-state index in [9.17, 15) is 10.2 Å². The SMILES string of the molecule is [2H]C(C)(C)c1ccc(-c2ccnc(-c3[c-]c(-c4cccc5c4nc(-c4cc(C)cc(C(C)(C)C)c4O)n5-c4ccc(C(C)(C)C)cc4-c4ccccc4)cc(-c4ccccc4)c3)c2)cc1.[2H]C(C)(C)c1ccc(-c2ccnc(-c3[c-]c(-c4cccc5c4nc(-c4cc(C)cc(C(C)(C)C)c4O)n5-c4ccc(C)cc4-c4ccccc4)cc(-c4ccccc4)c3)c2)cc1.[Pt].[Pt]. The molecule has 638 valence electrons. The minimum Gasteiger partial charge on any atom is -0.507 e. The Balaban J connectivity index is 0.000000195. The number of hydrogen-bond donors (Lipinski definition) is 2. The number of imidazole rings is 2. The fourth-order valence-corrected chi connectivity index (χ4v) is 17.1. The molecule has 0 saturated heterocycles. The molecular weight excluding hydrogens is 1910 g/mol. The van der Waals surface area contributed by atoms with Crippen LogP contribution in [0.15, 0.2) is 328 Å². The Morgan fingerprint density at radius 1 is 0.307 bits per heavy atom. The number of fused-ring (bicyclic) bond motifs is 2. The molecule has 0 saturated carbocycles. The van der Waals surface area contributed by atoms with Crippen molar-refractivity contribution in [3.63, 3.8) is 0 Å². The Morgan fingerprint density at radius 3 is 1.04 bits per heavy atom. The van der Waals surface area contributed by atoms with Gasteiger partial charge in [0.15, 0.2) is 0 Å². The monoisotopic (exact) mass is 2020 g/mol. The normalized spacial score (nSPS) is 12.1. The van der Waals surface area contributed by atoms with E-state index in [4.69, 9.17) is 22.7 Å². The second kappa shape index (κ2) is 36.7. The fourth-order valence-electron chi connectivity index (χ4n) is 17.1. The average Bonchev–Trinajstić information content (AvgIpc) is 1.59. The molecule has 0 fully saturated rings. The first-order chi connectivity index (χ1) is 60.7. The number of aryl methyl sites for hydroxylation is 3. The molecule has 14 aromatic carbocycles. The van der Waals surface area contributed by atoms with E-state index in [1.165, 1.54) is 5.56 Å². The number of benzene rings is 14. The molecule has 0 amide bonds. The number of phenolic OH excluding ortho intramolecular Hbond substituents is 2. The van der Waals surface area contributed by atoms with E-state index in [-0.39, 0.29) is 69.9 Å². The second-order valence-corrected chi connectivity index (χ2v) is 36.7. The van der Waals surface area contributed by atoms with Crippen molar-refractivity contribution < 1.29 is 55.1 Å². The Hall–Kier alpha value is -12.7. The summed E-state index contributed by atoms with van der Waals surface area (Å²) in [6.45, 7) is 33.5. The Morgan fingerprint density at radius 2 is 0.661 bits per heavy atom. The van der Waals surface area contributed by atoms with Gasteiger partial charge in [0.25, 0.3) is 0 Å². The van der Waals surface area contributed by atoms with Crippen LogP contribution in [-0.2, 0) is 58.4 Å². The van der Waals surface area contributed by atoms with Gasteiger partial charge in [-0.05, 0) is 182 Å². The van der Waals surface area contributed by atoms with Gasteiger partial charge in [-0.1, -0.05) is 359 Å². The van der Waals surface area contributed by atoms with Gasteiger partial charge in [-0.3, -0.25) is 19.1 Å². The van der Waals surface area contributed by atoms with Crippen molar-refractivity contribution in [2.75, 3.05) is 0 Å². The molecule has 8 nitrogen and oxygen atoms in total. The maximum Gasteiger partial charge on any atom is 0.148 e. The van der Waals surface area contributed by atoms with Crippen LogP contribution in [0, 0.1) is 32.9 Å². The molecule has 18 aromatic rings. The van der Waals surface area contributed by atoms with Gasteiger partial charge in [-0.2, -0.15) is 0 Å². The maximum atomic E-state index is 12.3. The molecule has 0 spiro atoms. The van der Waals surface area contributed by atoms with Gasteiger partial charge in [-0.15, -0.1) is 47.5 Å². The van der Waals surface area contributed by atoms with Crippen molar-refractivity contribution in [1.82, 2.24) is 29.1 Å². The van der Waals surface area contributed by atoms with E-state index in [1.54, 1.807) is 0 Å². The van der Waals surface area contributed by atoms with Crippen LogP contribution in [0.5, 0.6) is 11.5 Å². The number of aromatic nitrogens is 6. The van der Waals surface area contributed by atoms with Crippen LogP contribution in [0.2, 0.25) is 0 Å². The summed E-state index contributed by atoms with van der Waals surface area (Å²) < 4.78 is 21.5. The van der Waals surface area contributed by atoms with Crippen LogP contribution < -0.4 is 0 Å². The zero-order chi connectivity index (χ0) is 89.2. The van der Waals surface area contributed by atoms with Crippen LogP contribution in [0.4, 0.5) is 0 Å². The third-order valence-electron chi connectivity index (χ3n) is 23.8. The summed E-state index contributed by atoms with van der Waals surface area (Å²) in [5.74, 6) is 0.435. The van der Waals surface area contributed by atoms with Crippen LogP contribution in [0.1, 0.15) is 149 Å². The van der Waals surface area contributed by atoms with Crippen molar-refractivity contribution in [3.8, 4) is 157 Å². The first-order valence-electron chi connectivity index (χ1n) is 44.2. The summed E-state index contributed by atoms with van der Waals surface area (Å²) in [6, 6.07) is 117. The van der Waals surface area contributed by atoms with Gasteiger partial charge in [0.05, 0.1) is 44.6 Å². The van der Waals surface area contributed by atoms with Gasteiger partial charge in [-0.25, -0.2) is 9.97 Å². The molecule has 127 heavy (non-hydrogen) atoms. The predicted octanol–water partition coefficient (Wildman–Crippen LogP) is 30.9. The Kier molecular flexibility index (Phi) is 25.0. The standard InChI is InChI=1S/C60H56N3O.C57H50N3O.2Pt/c1-38(2)40-23-25-42(26-24-40)44-29-30-61-53(36-44)47-34-45(41-17-12-10-13-18-41)33-46(35-47)49-21-16-22-55-56(49)62-58(51-31-39(3)32-52(57(51)64)60(7,8)9)63(55)54-28-27-48(59(4,5)6)37-50(54)43-19-14-11-15-20-43;1-36(2)39-22-24-41(25-23-39)43-27-28-58-51(35-43)46-33-44(40-15-10-8-11-16-40)32-45(34-46)47-19-14-20-53-54(47)59-56(49-30-38(4)31-50(55(49)61)57(5,6)7)60(53)52-26-21-37(3)29-48(52)42-17-12-9-13-18-42;;/h10-34,36-38,64H,1-9H3;8-33,35-36,61H,1-7H3;;/q2*-1;;/i38D;36D;;. The number of hydrogen-bond acceptors (Lipinski definition) is 6. The Labute approximate surface area is 780 Å². The topological polar surface area (TPSA) is 102 Å². The zero-order valence-corrected chi connectivity index (χ0v) is 79.4. The van der Waals surface area contributed by atoms with E-state index in [1.807, 2.05) is 94.7 Å². The molecule has 0 aliphatic carbocycles. The number of para-hydroxylation sites is 2. The zero-order valence-electron chi connectivity index (χ0n) is 76.9. The minimum atomic E-state index is -0.679. The summed E-state index contributed by atoms with van der Waals surface area (Å²) in [7, 11) is 0. The van der Waals surface area contributed by atoms with E-state index >= 15 is 0 Å². The second-order valence-electron chi connectivity index (χ2n) is 36.7. The smallest absolute Gasteiger partial charge is 0.148 e. The van der Waals surface area contributed by atoms with Crippen LogP contribution in [0.3, 0.4) is 0 Å². The van der Waals surface area contributed by atoms with E-state index in [0.717, 1.165) is 184 Å². The van der Waals surface area contributed by atoms with Crippen molar-refractivity contribution in [3.05, 3.63) is 384 Å².